The lowest BCUT2D eigenvalue weighted by Gasteiger charge is -2.11. The molecule has 0 aliphatic carbocycles. The van der Waals surface area contributed by atoms with Crippen LogP contribution in [-0.2, 0) is 10.1 Å². The molecule has 0 heterocycles. The topological polar surface area (TPSA) is 98.8 Å². The number of anilines is 1. The van der Waals surface area contributed by atoms with Crippen molar-refractivity contribution in [1.82, 2.24) is 0 Å². The summed E-state index contributed by atoms with van der Waals surface area (Å²) in [6, 6.07) is 5.19. The fraction of sp³-hybridized carbons (Fsp3) is 0.571. The normalized spacial score (nSPS) is 11.3. The zero-order valence-electron chi connectivity index (χ0n) is 12.2. The van der Waals surface area contributed by atoms with Gasteiger partial charge in [0, 0.05) is 6.07 Å². The molecule has 0 bridgehead atoms. The van der Waals surface area contributed by atoms with Gasteiger partial charge in [-0.25, -0.2) is 0 Å². The van der Waals surface area contributed by atoms with Gasteiger partial charge in [0.05, 0.1) is 24.7 Å². The van der Waals surface area contributed by atoms with Crippen molar-refractivity contribution < 1.29 is 22.4 Å². The van der Waals surface area contributed by atoms with Crippen molar-refractivity contribution >= 4 is 15.8 Å². The Morgan fingerprint density at radius 3 is 2.52 bits per heavy atom. The van der Waals surface area contributed by atoms with Crippen LogP contribution in [0.15, 0.2) is 18.2 Å². The molecule has 0 amide bonds. The zero-order chi connectivity index (χ0) is 15.7. The van der Waals surface area contributed by atoms with Crippen molar-refractivity contribution in [3.05, 3.63) is 18.2 Å². The molecule has 0 fully saturated rings. The van der Waals surface area contributed by atoms with Crippen LogP contribution in [0.2, 0.25) is 0 Å². The number of hydrogen-bond donors (Lipinski definition) is 2. The van der Waals surface area contributed by atoms with Crippen LogP contribution < -0.4 is 15.2 Å². The summed E-state index contributed by atoms with van der Waals surface area (Å²) in [6.45, 7) is 3.06. The Kier molecular flexibility index (Phi) is 7.31. The van der Waals surface area contributed by atoms with Gasteiger partial charge in [0.2, 0.25) is 0 Å². The lowest BCUT2D eigenvalue weighted by Crippen LogP contribution is -2.06. The Bertz CT molecular complexity index is 530. The smallest absolute Gasteiger partial charge is 0.264 e. The summed E-state index contributed by atoms with van der Waals surface area (Å²) in [4.78, 5) is 0. The third-order valence-electron chi connectivity index (χ3n) is 2.81. The van der Waals surface area contributed by atoms with Crippen LogP contribution in [-0.4, -0.2) is 31.9 Å². The van der Waals surface area contributed by atoms with Gasteiger partial charge < -0.3 is 15.2 Å². The first kappa shape index (κ1) is 17.6. The standard InChI is InChI=1S/C14H23NO5S/c1-2-3-8-20-14-11-12(6-7-13(14)15)19-9-4-5-10-21(16,17)18/h6-7,11H,2-5,8-10,15H2,1H3,(H,16,17,18). The maximum atomic E-state index is 10.6. The first-order valence-corrected chi connectivity index (χ1v) is 8.63. The quantitative estimate of drug-likeness (QED) is 0.391. The van der Waals surface area contributed by atoms with Gasteiger partial charge in [-0.2, -0.15) is 8.42 Å². The van der Waals surface area contributed by atoms with E-state index in [1.807, 2.05) is 0 Å². The monoisotopic (exact) mass is 317 g/mol. The predicted molar refractivity (Wildman–Crippen MR) is 82.4 cm³/mol. The van der Waals surface area contributed by atoms with Crippen molar-refractivity contribution in [3.8, 4) is 11.5 Å². The molecule has 0 atom stereocenters. The molecule has 21 heavy (non-hydrogen) atoms. The molecule has 1 aromatic carbocycles. The summed E-state index contributed by atoms with van der Waals surface area (Å²) in [7, 11) is -3.89. The Hall–Kier alpha value is -1.47. The van der Waals surface area contributed by atoms with Gasteiger partial charge in [0.15, 0.2) is 0 Å². The predicted octanol–water partition coefficient (Wildman–Crippen LogP) is 2.49. The second-order valence-electron chi connectivity index (χ2n) is 4.74. The average molecular weight is 317 g/mol. The highest BCUT2D eigenvalue weighted by Crippen LogP contribution is 2.27. The molecule has 120 valence electrons. The molecule has 0 aliphatic heterocycles. The molecule has 1 rings (SSSR count). The number of ether oxygens (including phenoxy) is 2. The molecular weight excluding hydrogens is 294 g/mol. The molecule has 1 aromatic rings. The van der Waals surface area contributed by atoms with E-state index < -0.39 is 10.1 Å². The van der Waals surface area contributed by atoms with Gasteiger partial charge in [-0.1, -0.05) is 13.3 Å². The van der Waals surface area contributed by atoms with Gasteiger partial charge in [0.25, 0.3) is 10.1 Å². The van der Waals surface area contributed by atoms with Crippen LogP contribution in [0.5, 0.6) is 11.5 Å². The van der Waals surface area contributed by atoms with Crippen LogP contribution in [0, 0.1) is 0 Å². The van der Waals surface area contributed by atoms with Crippen LogP contribution in [0.3, 0.4) is 0 Å². The van der Waals surface area contributed by atoms with Gasteiger partial charge in [-0.3, -0.25) is 4.55 Å². The second-order valence-corrected chi connectivity index (χ2v) is 6.32. The zero-order valence-corrected chi connectivity index (χ0v) is 13.1. The molecule has 6 nitrogen and oxygen atoms in total. The lowest BCUT2D eigenvalue weighted by molar-refractivity contribution is 0.295. The second kappa shape index (κ2) is 8.74. The Morgan fingerprint density at radius 1 is 1.14 bits per heavy atom. The molecule has 0 aromatic heterocycles. The van der Waals surface area contributed by atoms with E-state index in [-0.39, 0.29) is 5.75 Å². The van der Waals surface area contributed by atoms with Crippen LogP contribution in [0.4, 0.5) is 5.69 Å². The van der Waals surface area contributed by atoms with Crippen molar-refractivity contribution in [2.75, 3.05) is 24.7 Å². The van der Waals surface area contributed by atoms with Crippen molar-refractivity contribution in [3.63, 3.8) is 0 Å². The minimum Gasteiger partial charge on any atom is -0.493 e. The Labute approximate surface area is 126 Å². The van der Waals surface area contributed by atoms with Crippen molar-refractivity contribution in [1.29, 1.82) is 0 Å². The highest BCUT2D eigenvalue weighted by molar-refractivity contribution is 7.85. The summed E-state index contributed by atoms with van der Waals surface area (Å²) in [5.41, 5.74) is 6.38. The number of rotatable bonds is 10. The first-order chi connectivity index (χ1) is 9.92. The van der Waals surface area contributed by atoms with Gasteiger partial charge in [-0.05, 0) is 31.4 Å². The van der Waals surface area contributed by atoms with E-state index in [9.17, 15) is 8.42 Å². The number of hydrogen-bond acceptors (Lipinski definition) is 5. The molecule has 0 spiro atoms. The van der Waals surface area contributed by atoms with Crippen LogP contribution in [0.1, 0.15) is 32.6 Å². The summed E-state index contributed by atoms with van der Waals surface area (Å²) in [5, 5.41) is 0. The van der Waals surface area contributed by atoms with Crippen LogP contribution >= 0.6 is 0 Å². The number of nitrogen functional groups attached to an aromatic ring is 1. The molecule has 0 saturated heterocycles. The van der Waals surface area contributed by atoms with E-state index in [0.29, 0.717) is 43.2 Å². The molecule has 0 unspecified atom stereocenters. The fourth-order valence-corrected chi connectivity index (χ4v) is 2.20. The van der Waals surface area contributed by atoms with Gasteiger partial charge in [0.1, 0.15) is 11.5 Å². The number of unbranched alkanes of at least 4 members (excludes halogenated alkanes) is 2. The summed E-state index contributed by atoms with van der Waals surface area (Å²) >= 11 is 0. The molecule has 3 N–H and O–H groups in total. The van der Waals surface area contributed by atoms with E-state index in [2.05, 4.69) is 6.92 Å². The largest absolute Gasteiger partial charge is 0.493 e. The summed E-state index contributed by atoms with van der Waals surface area (Å²) < 4.78 is 40.8. The highest BCUT2D eigenvalue weighted by Gasteiger charge is 2.05. The Morgan fingerprint density at radius 2 is 1.86 bits per heavy atom. The van der Waals surface area contributed by atoms with E-state index in [1.54, 1.807) is 18.2 Å². The van der Waals surface area contributed by atoms with E-state index in [4.69, 9.17) is 19.8 Å². The van der Waals surface area contributed by atoms with E-state index >= 15 is 0 Å². The fourth-order valence-electron chi connectivity index (χ4n) is 1.63. The Balaban J connectivity index is 2.39. The van der Waals surface area contributed by atoms with E-state index in [0.717, 1.165) is 12.8 Å². The van der Waals surface area contributed by atoms with E-state index in [1.165, 1.54) is 0 Å². The third-order valence-corrected chi connectivity index (χ3v) is 3.61. The van der Waals surface area contributed by atoms with Crippen molar-refractivity contribution in [2.45, 2.75) is 32.6 Å². The maximum Gasteiger partial charge on any atom is 0.264 e. The maximum absolute atomic E-state index is 10.6. The first-order valence-electron chi connectivity index (χ1n) is 7.02. The lowest BCUT2D eigenvalue weighted by atomic mass is 10.2. The minimum atomic E-state index is -3.89. The SMILES string of the molecule is CCCCOc1cc(OCCCCS(=O)(=O)O)ccc1N. The molecule has 0 aliphatic rings. The van der Waals surface area contributed by atoms with Gasteiger partial charge >= 0.3 is 0 Å². The number of nitrogens with two attached hydrogens (primary N) is 1. The highest BCUT2D eigenvalue weighted by atomic mass is 32.2. The van der Waals surface area contributed by atoms with Gasteiger partial charge in [-0.15, -0.1) is 0 Å². The number of benzene rings is 1. The molecular formula is C14H23NO5S. The van der Waals surface area contributed by atoms with Crippen molar-refractivity contribution in [2.24, 2.45) is 0 Å². The van der Waals surface area contributed by atoms with Crippen LogP contribution in [0.25, 0.3) is 0 Å². The molecule has 0 radical (unpaired) electrons. The third kappa shape index (κ3) is 7.77. The molecule has 7 heteroatoms. The summed E-state index contributed by atoms with van der Waals surface area (Å²) in [6.07, 6.45) is 2.90. The minimum absolute atomic E-state index is 0.247. The summed E-state index contributed by atoms with van der Waals surface area (Å²) in [5.74, 6) is 0.977. The molecule has 0 saturated carbocycles. The average Bonchev–Trinajstić information content (AvgIpc) is 2.40.